The SMILES string of the molecule is CCCC(C)CC(NCC)c1ccc(F)c(Cl)c1. The Balaban J connectivity index is 2.79. The van der Waals surface area contributed by atoms with E-state index in [-0.39, 0.29) is 16.9 Å². The Hall–Kier alpha value is -0.600. The van der Waals surface area contributed by atoms with Crippen molar-refractivity contribution in [1.29, 1.82) is 0 Å². The molecule has 1 rings (SSSR count). The molecule has 18 heavy (non-hydrogen) atoms. The lowest BCUT2D eigenvalue weighted by Crippen LogP contribution is -2.23. The van der Waals surface area contributed by atoms with E-state index in [9.17, 15) is 4.39 Å². The van der Waals surface area contributed by atoms with E-state index in [0.717, 1.165) is 18.5 Å². The highest BCUT2D eigenvalue weighted by molar-refractivity contribution is 6.30. The van der Waals surface area contributed by atoms with Gasteiger partial charge in [0.1, 0.15) is 5.82 Å². The monoisotopic (exact) mass is 271 g/mol. The molecule has 0 fully saturated rings. The molecule has 2 atom stereocenters. The van der Waals surface area contributed by atoms with Crippen molar-refractivity contribution in [3.05, 3.63) is 34.6 Å². The highest BCUT2D eigenvalue weighted by atomic mass is 35.5. The zero-order valence-electron chi connectivity index (χ0n) is 11.5. The van der Waals surface area contributed by atoms with Gasteiger partial charge in [0.2, 0.25) is 0 Å². The van der Waals surface area contributed by atoms with Crippen molar-refractivity contribution in [2.75, 3.05) is 6.54 Å². The third kappa shape index (κ3) is 4.58. The molecule has 0 heterocycles. The molecule has 102 valence electrons. The van der Waals surface area contributed by atoms with Crippen LogP contribution in [0.4, 0.5) is 4.39 Å². The summed E-state index contributed by atoms with van der Waals surface area (Å²) in [5.41, 5.74) is 1.08. The zero-order chi connectivity index (χ0) is 13.5. The molecule has 0 amide bonds. The van der Waals surface area contributed by atoms with Crippen LogP contribution in [0, 0.1) is 11.7 Å². The Morgan fingerprint density at radius 1 is 1.33 bits per heavy atom. The molecule has 0 aliphatic heterocycles. The lowest BCUT2D eigenvalue weighted by atomic mass is 9.93. The molecule has 1 nitrogen and oxygen atoms in total. The molecule has 0 saturated heterocycles. The summed E-state index contributed by atoms with van der Waals surface area (Å²) in [5, 5.41) is 3.66. The molecule has 0 aliphatic rings. The van der Waals surface area contributed by atoms with Gasteiger partial charge in [0.05, 0.1) is 5.02 Å². The fourth-order valence-corrected chi connectivity index (χ4v) is 2.51. The average molecular weight is 272 g/mol. The van der Waals surface area contributed by atoms with Crippen LogP contribution in [0.2, 0.25) is 5.02 Å². The fourth-order valence-electron chi connectivity index (χ4n) is 2.33. The molecule has 1 aromatic rings. The van der Waals surface area contributed by atoms with Crippen LogP contribution >= 0.6 is 11.6 Å². The lowest BCUT2D eigenvalue weighted by molar-refractivity contribution is 0.395. The number of halogens is 2. The average Bonchev–Trinajstić information content (AvgIpc) is 2.32. The van der Waals surface area contributed by atoms with Crippen molar-refractivity contribution in [2.45, 2.75) is 46.1 Å². The minimum atomic E-state index is -0.350. The summed E-state index contributed by atoms with van der Waals surface area (Å²) in [7, 11) is 0. The first-order valence-electron chi connectivity index (χ1n) is 6.76. The first kappa shape index (κ1) is 15.5. The third-order valence-electron chi connectivity index (χ3n) is 3.22. The Labute approximate surface area is 115 Å². The van der Waals surface area contributed by atoms with E-state index in [0.29, 0.717) is 5.92 Å². The van der Waals surface area contributed by atoms with Gasteiger partial charge >= 0.3 is 0 Å². The summed E-state index contributed by atoms with van der Waals surface area (Å²) < 4.78 is 13.2. The van der Waals surface area contributed by atoms with E-state index < -0.39 is 0 Å². The molecule has 0 spiro atoms. The minimum Gasteiger partial charge on any atom is -0.310 e. The van der Waals surface area contributed by atoms with Crippen molar-refractivity contribution in [3.63, 3.8) is 0 Å². The van der Waals surface area contributed by atoms with Gasteiger partial charge in [-0.05, 0) is 36.6 Å². The fraction of sp³-hybridized carbons (Fsp3) is 0.600. The van der Waals surface area contributed by atoms with E-state index in [2.05, 4.69) is 26.1 Å². The first-order valence-corrected chi connectivity index (χ1v) is 7.14. The normalized spacial score (nSPS) is 14.5. The van der Waals surface area contributed by atoms with E-state index in [1.54, 1.807) is 6.07 Å². The number of benzene rings is 1. The number of hydrogen-bond acceptors (Lipinski definition) is 1. The molecule has 3 heteroatoms. The van der Waals surface area contributed by atoms with Gasteiger partial charge in [0.15, 0.2) is 0 Å². The second kappa shape index (κ2) is 7.75. The van der Waals surface area contributed by atoms with Crippen LogP contribution < -0.4 is 5.32 Å². The van der Waals surface area contributed by atoms with E-state index in [1.165, 1.54) is 18.9 Å². The largest absolute Gasteiger partial charge is 0.310 e. The zero-order valence-corrected chi connectivity index (χ0v) is 12.2. The predicted octanol–water partition coefficient (Wildman–Crippen LogP) is 4.96. The van der Waals surface area contributed by atoms with Crippen LogP contribution in [-0.2, 0) is 0 Å². The summed E-state index contributed by atoms with van der Waals surface area (Å²) in [4.78, 5) is 0. The van der Waals surface area contributed by atoms with E-state index in [4.69, 9.17) is 11.6 Å². The van der Waals surface area contributed by atoms with Crippen molar-refractivity contribution in [1.82, 2.24) is 5.32 Å². The molecular formula is C15H23ClFN. The van der Waals surface area contributed by atoms with Crippen LogP contribution in [0.15, 0.2) is 18.2 Å². The molecule has 2 unspecified atom stereocenters. The van der Waals surface area contributed by atoms with E-state index in [1.807, 2.05) is 6.07 Å². The van der Waals surface area contributed by atoms with Gasteiger partial charge < -0.3 is 5.32 Å². The van der Waals surface area contributed by atoms with Crippen LogP contribution in [-0.4, -0.2) is 6.54 Å². The topological polar surface area (TPSA) is 12.0 Å². The molecule has 0 radical (unpaired) electrons. The summed E-state index contributed by atoms with van der Waals surface area (Å²) in [5.74, 6) is 0.306. The molecule has 0 saturated carbocycles. The molecule has 1 aromatic carbocycles. The van der Waals surface area contributed by atoms with Gasteiger partial charge in [-0.15, -0.1) is 0 Å². The summed E-state index contributed by atoms with van der Waals surface area (Å²) in [6, 6.07) is 5.28. The maximum Gasteiger partial charge on any atom is 0.141 e. The van der Waals surface area contributed by atoms with Crippen molar-refractivity contribution in [3.8, 4) is 0 Å². The predicted molar refractivity (Wildman–Crippen MR) is 76.5 cm³/mol. The highest BCUT2D eigenvalue weighted by Crippen LogP contribution is 2.27. The first-order chi connectivity index (χ1) is 8.58. The molecule has 0 aliphatic carbocycles. The Kier molecular flexibility index (Phi) is 6.66. The second-order valence-corrected chi connectivity index (χ2v) is 5.32. The summed E-state index contributed by atoms with van der Waals surface area (Å²) in [6.45, 7) is 7.45. The standard InChI is InChI=1S/C15H23ClFN/c1-4-6-11(3)9-15(18-5-2)12-7-8-14(17)13(16)10-12/h7-8,10-11,15,18H,4-6,9H2,1-3H3. The summed E-state index contributed by atoms with van der Waals surface area (Å²) >= 11 is 5.85. The highest BCUT2D eigenvalue weighted by Gasteiger charge is 2.15. The second-order valence-electron chi connectivity index (χ2n) is 4.91. The van der Waals surface area contributed by atoms with Gasteiger partial charge in [0, 0.05) is 6.04 Å². The quantitative estimate of drug-likeness (QED) is 0.739. The maximum atomic E-state index is 13.2. The van der Waals surface area contributed by atoms with Crippen molar-refractivity contribution >= 4 is 11.6 Å². The third-order valence-corrected chi connectivity index (χ3v) is 3.51. The van der Waals surface area contributed by atoms with Crippen LogP contribution in [0.5, 0.6) is 0 Å². The number of hydrogen-bond donors (Lipinski definition) is 1. The van der Waals surface area contributed by atoms with Crippen molar-refractivity contribution < 1.29 is 4.39 Å². The van der Waals surface area contributed by atoms with Gasteiger partial charge in [0.25, 0.3) is 0 Å². The van der Waals surface area contributed by atoms with Gasteiger partial charge in [-0.2, -0.15) is 0 Å². The lowest BCUT2D eigenvalue weighted by Gasteiger charge is -2.22. The minimum absolute atomic E-state index is 0.207. The molecule has 0 aromatic heterocycles. The van der Waals surface area contributed by atoms with E-state index >= 15 is 0 Å². The Bertz CT molecular complexity index is 368. The van der Waals surface area contributed by atoms with Gasteiger partial charge in [-0.25, -0.2) is 4.39 Å². The smallest absolute Gasteiger partial charge is 0.141 e. The van der Waals surface area contributed by atoms with Crippen LogP contribution in [0.1, 0.15) is 51.6 Å². The number of rotatable bonds is 7. The Morgan fingerprint density at radius 3 is 2.61 bits per heavy atom. The molecular weight excluding hydrogens is 249 g/mol. The Morgan fingerprint density at radius 2 is 2.06 bits per heavy atom. The van der Waals surface area contributed by atoms with Crippen LogP contribution in [0.25, 0.3) is 0 Å². The van der Waals surface area contributed by atoms with Crippen LogP contribution in [0.3, 0.4) is 0 Å². The van der Waals surface area contributed by atoms with Gasteiger partial charge in [-0.1, -0.05) is 51.3 Å². The van der Waals surface area contributed by atoms with Crippen molar-refractivity contribution in [2.24, 2.45) is 5.92 Å². The number of nitrogens with one attached hydrogen (secondary N) is 1. The molecule has 0 bridgehead atoms. The summed E-state index contributed by atoms with van der Waals surface area (Å²) in [6.07, 6.45) is 3.48. The van der Waals surface area contributed by atoms with Gasteiger partial charge in [-0.3, -0.25) is 0 Å². The maximum absolute atomic E-state index is 13.2. The molecule has 1 N–H and O–H groups in total.